The van der Waals surface area contributed by atoms with Crippen LogP contribution in [0, 0.1) is 12.7 Å². The molecule has 0 aliphatic carbocycles. The molecule has 20 heavy (non-hydrogen) atoms. The summed E-state index contributed by atoms with van der Waals surface area (Å²) in [7, 11) is 0. The number of pyridine rings is 1. The number of hydrogen-bond acceptors (Lipinski definition) is 2. The quantitative estimate of drug-likeness (QED) is 0.651. The molecule has 0 aliphatic rings. The maximum Gasteiger partial charge on any atom is 0.151 e. The number of carbonyl (C=O) groups is 1. The summed E-state index contributed by atoms with van der Waals surface area (Å²) >= 11 is 0. The lowest BCUT2D eigenvalue weighted by molar-refractivity contribution is 0.112. The molecule has 3 heteroatoms. The predicted octanol–water partition coefficient (Wildman–Crippen LogP) is 4.16. The summed E-state index contributed by atoms with van der Waals surface area (Å²) in [4.78, 5) is 16.0. The lowest BCUT2D eigenvalue weighted by atomic mass is 9.98. The second-order valence-electron chi connectivity index (χ2n) is 4.64. The molecule has 0 N–H and O–H groups in total. The van der Waals surface area contributed by atoms with Gasteiger partial charge in [0.05, 0.1) is 11.2 Å². The number of halogens is 1. The molecule has 1 heterocycles. The molecule has 0 amide bonds. The molecule has 1 aromatic heterocycles. The van der Waals surface area contributed by atoms with Crippen LogP contribution in [0.25, 0.3) is 22.2 Å². The van der Waals surface area contributed by atoms with Gasteiger partial charge in [0.15, 0.2) is 6.29 Å². The summed E-state index contributed by atoms with van der Waals surface area (Å²) in [6.07, 6.45) is 0.769. The largest absolute Gasteiger partial charge is 0.298 e. The minimum Gasteiger partial charge on any atom is -0.298 e. The lowest BCUT2D eigenvalue weighted by Gasteiger charge is -2.11. The van der Waals surface area contributed by atoms with Crippen molar-refractivity contribution in [3.05, 3.63) is 65.5 Å². The fourth-order valence-electron chi connectivity index (χ4n) is 2.38. The van der Waals surface area contributed by atoms with Gasteiger partial charge in [-0.15, -0.1) is 0 Å². The predicted molar refractivity (Wildman–Crippen MR) is 77.3 cm³/mol. The van der Waals surface area contributed by atoms with Crippen LogP contribution in [0.5, 0.6) is 0 Å². The number of benzene rings is 2. The zero-order valence-corrected chi connectivity index (χ0v) is 10.9. The molecule has 0 saturated carbocycles. The molecule has 3 aromatic rings. The molecule has 0 fully saturated rings. The second kappa shape index (κ2) is 4.85. The van der Waals surface area contributed by atoms with Crippen LogP contribution in [0.15, 0.2) is 48.5 Å². The molecule has 0 saturated heterocycles. The highest BCUT2D eigenvalue weighted by molar-refractivity contribution is 6.00. The number of fused-ring (bicyclic) bond motifs is 1. The van der Waals surface area contributed by atoms with Gasteiger partial charge in [-0.3, -0.25) is 4.79 Å². The molecule has 0 atom stereocenters. The van der Waals surface area contributed by atoms with Gasteiger partial charge < -0.3 is 0 Å². The Kier molecular flexibility index (Phi) is 3.03. The normalized spacial score (nSPS) is 10.7. The van der Waals surface area contributed by atoms with E-state index in [1.54, 1.807) is 6.07 Å². The first-order valence-corrected chi connectivity index (χ1v) is 6.31. The Hall–Kier alpha value is -2.55. The summed E-state index contributed by atoms with van der Waals surface area (Å²) < 4.78 is 13.4. The molecule has 3 rings (SSSR count). The first-order valence-electron chi connectivity index (χ1n) is 6.31. The minimum absolute atomic E-state index is 0.366. The van der Waals surface area contributed by atoms with Crippen LogP contribution in [0.1, 0.15) is 15.9 Å². The number of hydrogen-bond donors (Lipinski definition) is 0. The van der Waals surface area contributed by atoms with Crippen LogP contribution < -0.4 is 0 Å². The van der Waals surface area contributed by atoms with E-state index in [9.17, 15) is 9.18 Å². The number of aldehydes is 1. The van der Waals surface area contributed by atoms with E-state index in [0.717, 1.165) is 23.1 Å². The van der Waals surface area contributed by atoms with E-state index in [1.165, 1.54) is 12.1 Å². The highest BCUT2D eigenvalue weighted by Crippen LogP contribution is 2.28. The zero-order valence-electron chi connectivity index (χ0n) is 10.9. The van der Waals surface area contributed by atoms with Gasteiger partial charge in [-0.1, -0.05) is 30.3 Å². The smallest absolute Gasteiger partial charge is 0.151 e. The third-order valence-corrected chi connectivity index (χ3v) is 3.41. The van der Waals surface area contributed by atoms with E-state index in [2.05, 4.69) is 4.98 Å². The van der Waals surface area contributed by atoms with Crippen molar-refractivity contribution in [3.63, 3.8) is 0 Å². The standard InChI is InChI=1S/C17H12FNO/c1-11-15(10-20)14-9-13(18)7-8-16(14)19-17(11)12-5-3-2-4-6-12/h2-10H,1H3. The van der Waals surface area contributed by atoms with Gasteiger partial charge in [-0.05, 0) is 30.7 Å². The first-order chi connectivity index (χ1) is 9.70. The number of nitrogens with zero attached hydrogens (tertiary/aromatic N) is 1. The Labute approximate surface area is 115 Å². The number of rotatable bonds is 2. The van der Waals surface area contributed by atoms with Crippen LogP contribution >= 0.6 is 0 Å². The topological polar surface area (TPSA) is 30.0 Å². The lowest BCUT2D eigenvalue weighted by Crippen LogP contribution is -1.97. The van der Waals surface area contributed by atoms with Crippen molar-refractivity contribution < 1.29 is 9.18 Å². The average molecular weight is 265 g/mol. The molecular weight excluding hydrogens is 253 g/mol. The SMILES string of the molecule is Cc1c(-c2ccccc2)nc2ccc(F)cc2c1C=O. The molecule has 0 unspecified atom stereocenters. The van der Waals surface area contributed by atoms with Crippen molar-refractivity contribution in [1.82, 2.24) is 4.98 Å². The molecule has 2 nitrogen and oxygen atoms in total. The number of aromatic nitrogens is 1. The zero-order chi connectivity index (χ0) is 14.1. The van der Waals surface area contributed by atoms with Gasteiger partial charge in [0, 0.05) is 16.5 Å². The summed E-state index contributed by atoms with van der Waals surface area (Å²) in [5.41, 5.74) is 3.58. The van der Waals surface area contributed by atoms with Crippen LogP contribution in [0.3, 0.4) is 0 Å². The Morgan fingerprint density at radius 2 is 1.85 bits per heavy atom. The van der Waals surface area contributed by atoms with Crippen LogP contribution in [0.2, 0.25) is 0 Å². The molecule has 0 aliphatic heterocycles. The van der Waals surface area contributed by atoms with E-state index in [1.807, 2.05) is 37.3 Å². The van der Waals surface area contributed by atoms with Crippen molar-refractivity contribution >= 4 is 17.2 Å². The third-order valence-electron chi connectivity index (χ3n) is 3.41. The molecule has 2 aromatic carbocycles. The Morgan fingerprint density at radius 1 is 1.10 bits per heavy atom. The Balaban J connectivity index is 2.38. The molecule has 0 radical (unpaired) electrons. The average Bonchev–Trinajstić information content (AvgIpc) is 2.48. The van der Waals surface area contributed by atoms with Gasteiger partial charge in [-0.2, -0.15) is 0 Å². The molecule has 0 spiro atoms. The summed E-state index contributed by atoms with van der Waals surface area (Å²) in [6, 6.07) is 14.0. The van der Waals surface area contributed by atoms with Crippen molar-refractivity contribution in [3.8, 4) is 11.3 Å². The van der Waals surface area contributed by atoms with Gasteiger partial charge in [-0.25, -0.2) is 9.37 Å². The highest BCUT2D eigenvalue weighted by Gasteiger charge is 2.13. The van der Waals surface area contributed by atoms with E-state index in [0.29, 0.717) is 16.5 Å². The van der Waals surface area contributed by atoms with Crippen LogP contribution in [-0.4, -0.2) is 11.3 Å². The van der Waals surface area contributed by atoms with E-state index in [4.69, 9.17) is 0 Å². The molecule has 0 bridgehead atoms. The fraction of sp³-hybridized carbons (Fsp3) is 0.0588. The number of carbonyl (C=O) groups excluding carboxylic acids is 1. The summed E-state index contributed by atoms with van der Waals surface area (Å²) in [5.74, 6) is -0.366. The van der Waals surface area contributed by atoms with Crippen molar-refractivity contribution in [2.75, 3.05) is 0 Å². The van der Waals surface area contributed by atoms with E-state index in [-0.39, 0.29) is 5.82 Å². The van der Waals surface area contributed by atoms with Gasteiger partial charge >= 0.3 is 0 Å². The molecule has 98 valence electrons. The van der Waals surface area contributed by atoms with Crippen molar-refractivity contribution in [2.45, 2.75) is 6.92 Å². The second-order valence-corrected chi connectivity index (χ2v) is 4.64. The summed E-state index contributed by atoms with van der Waals surface area (Å²) in [5, 5.41) is 0.553. The highest BCUT2D eigenvalue weighted by atomic mass is 19.1. The third kappa shape index (κ3) is 1.97. The van der Waals surface area contributed by atoms with Gasteiger partial charge in [0.2, 0.25) is 0 Å². The maximum atomic E-state index is 13.4. The fourth-order valence-corrected chi connectivity index (χ4v) is 2.38. The van der Waals surface area contributed by atoms with Gasteiger partial charge in [0.1, 0.15) is 5.82 Å². The van der Waals surface area contributed by atoms with Crippen molar-refractivity contribution in [2.24, 2.45) is 0 Å². The minimum atomic E-state index is -0.366. The van der Waals surface area contributed by atoms with Gasteiger partial charge in [0.25, 0.3) is 0 Å². The van der Waals surface area contributed by atoms with Crippen LogP contribution in [0.4, 0.5) is 4.39 Å². The van der Waals surface area contributed by atoms with Crippen LogP contribution in [-0.2, 0) is 0 Å². The first kappa shape index (κ1) is 12.5. The summed E-state index contributed by atoms with van der Waals surface area (Å²) in [6.45, 7) is 1.84. The van der Waals surface area contributed by atoms with E-state index < -0.39 is 0 Å². The Bertz CT molecular complexity index is 797. The maximum absolute atomic E-state index is 13.4. The Morgan fingerprint density at radius 3 is 2.55 bits per heavy atom. The monoisotopic (exact) mass is 265 g/mol. The van der Waals surface area contributed by atoms with E-state index >= 15 is 0 Å². The molecular formula is C17H12FNO. The van der Waals surface area contributed by atoms with Crippen molar-refractivity contribution in [1.29, 1.82) is 0 Å².